The van der Waals surface area contributed by atoms with Crippen molar-refractivity contribution in [3.8, 4) is 0 Å². The Balaban J connectivity index is 1.84. The van der Waals surface area contributed by atoms with Crippen LogP contribution in [-0.4, -0.2) is 26.9 Å². The zero-order chi connectivity index (χ0) is 20.0. The number of hydrogen-bond donors (Lipinski definition) is 1. The molecule has 1 aliphatic rings. The van der Waals surface area contributed by atoms with Crippen molar-refractivity contribution in [2.75, 3.05) is 10.8 Å². The van der Waals surface area contributed by atoms with E-state index in [2.05, 4.69) is 5.32 Å². The molecule has 1 fully saturated rings. The predicted octanol–water partition coefficient (Wildman–Crippen LogP) is 4.03. The third kappa shape index (κ3) is 5.13. The van der Waals surface area contributed by atoms with Crippen LogP contribution in [0.2, 0.25) is 0 Å². The Morgan fingerprint density at radius 1 is 1.00 bits per heavy atom. The topological polar surface area (TPSA) is 66.5 Å². The van der Waals surface area contributed by atoms with Gasteiger partial charge in [-0.15, -0.1) is 0 Å². The number of anilines is 1. The smallest absolute Gasteiger partial charge is 0.264 e. The average Bonchev–Trinajstić information content (AvgIpc) is 2.95. The van der Waals surface area contributed by atoms with Gasteiger partial charge >= 0.3 is 0 Å². The number of rotatable bonds is 6. The Labute approximate surface area is 167 Å². The average molecular weight is 401 g/mol. The SMILES string of the molecule is Cc1cccc(S(=O)(=O)N(CC(=O)NC2CCCCCC2)c2ccccc2)c1. The van der Waals surface area contributed by atoms with E-state index in [0.29, 0.717) is 5.69 Å². The molecule has 3 rings (SSSR count). The quantitative estimate of drug-likeness (QED) is 0.745. The summed E-state index contributed by atoms with van der Waals surface area (Å²) in [6.45, 7) is 1.63. The van der Waals surface area contributed by atoms with Crippen molar-refractivity contribution < 1.29 is 13.2 Å². The van der Waals surface area contributed by atoms with Crippen molar-refractivity contribution in [1.82, 2.24) is 5.32 Å². The summed E-state index contributed by atoms with van der Waals surface area (Å²) in [4.78, 5) is 12.9. The number of carbonyl (C=O) groups is 1. The van der Waals surface area contributed by atoms with Gasteiger partial charge in [0, 0.05) is 6.04 Å². The maximum Gasteiger partial charge on any atom is 0.264 e. The first-order chi connectivity index (χ1) is 13.5. The molecule has 6 heteroatoms. The molecule has 0 aromatic heterocycles. The van der Waals surface area contributed by atoms with Gasteiger partial charge in [0.25, 0.3) is 10.0 Å². The minimum Gasteiger partial charge on any atom is -0.352 e. The van der Waals surface area contributed by atoms with Gasteiger partial charge in [-0.25, -0.2) is 8.42 Å². The fourth-order valence-corrected chi connectivity index (χ4v) is 5.17. The number of hydrogen-bond acceptors (Lipinski definition) is 3. The Morgan fingerprint density at radius 3 is 2.32 bits per heavy atom. The Hall–Kier alpha value is -2.34. The van der Waals surface area contributed by atoms with Gasteiger partial charge in [-0.3, -0.25) is 9.10 Å². The zero-order valence-corrected chi connectivity index (χ0v) is 17.1. The second-order valence-corrected chi connectivity index (χ2v) is 9.28. The monoisotopic (exact) mass is 400 g/mol. The number of amides is 1. The van der Waals surface area contributed by atoms with Crippen molar-refractivity contribution in [2.45, 2.75) is 56.4 Å². The van der Waals surface area contributed by atoms with E-state index < -0.39 is 10.0 Å². The van der Waals surface area contributed by atoms with Gasteiger partial charge in [-0.05, 0) is 49.6 Å². The van der Waals surface area contributed by atoms with Gasteiger partial charge in [0.05, 0.1) is 10.6 Å². The number of carbonyl (C=O) groups excluding carboxylic acids is 1. The van der Waals surface area contributed by atoms with E-state index in [1.807, 2.05) is 19.1 Å². The van der Waals surface area contributed by atoms with Crippen molar-refractivity contribution in [1.29, 1.82) is 0 Å². The molecule has 5 nitrogen and oxygen atoms in total. The van der Waals surface area contributed by atoms with Crippen molar-refractivity contribution >= 4 is 21.6 Å². The predicted molar refractivity (Wildman–Crippen MR) is 112 cm³/mol. The number of aryl methyl sites for hydroxylation is 1. The molecule has 150 valence electrons. The van der Waals surface area contributed by atoms with Gasteiger partial charge in [0.1, 0.15) is 6.54 Å². The molecular weight excluding hydrogens is 372 g/mol. The second-order valence-electron chi connectivity index (χ2n) is 7.42. The van der Waals surface area contributed by atoms with Crippen LogP contribution in [0.4, 0.5) is 5.69 Å². The number of benzene rings is 2. The molecule has 0 saturated heterocycles. The summed E-state index contributed by atoms with van der Waals surface area (Å²) in [5.41, 5.74) is 1.34. The van der Waals surface area contributed by atoms with Crippen LogP contribution in [0.15, 0.2) is 59.5 Å². The summed E-state index contributed by atoms with van der Waals surface area (Å²) >= 11 is 0. The lowest BCUT2D eigenvalue weighted by Gasteiger charge is -2.25. The molecule has 2 aromatic rings. The van der Waals surface area contributed by atoms with Gasteiger partial charge < -0.3 is 5.32 Å². The van der Waals surface area contributed by atoms with Gasteiger partial charge in [-0.1, -0.05) is 56.0 Å². The van der Waals surface area contributed by atoms with Crippen LogP contribution in [0, 0.1) is 6.92 Å². The summed E-state index contributed by atoms with van der Waals surface area (Å²) in [5, 5.41) is 3.05. The first-order valence-corrected chi connectivity index (χ1v) is 11.3. The molecule has 0 radical (unpaired) electrons. The molecule has 0 atom stereocenters. The molecule has 1 saturated carbocycles. The van der Waals surface area contributed by atoms with E-state index in [9.17, 15) is 13.2 Å². The number of para-hydroxylation sites is 1. The highest BCUT2D eigenvalue weighted by Crippen LogP contribution is 2.24. The standard InChI is InChI=1S/C22H28N2O3S/c1-18-10-9-15-21(16-18)28(26,27)24(20-13-7-4-8-14-20)17-22(25)23-19-11-5-2-3-6-12-19/h4,7-10,13-16,19H,2-3,5-6,11-12,17H2,1H3,(H,23,25). The van der Waals surface area contributed by atoms with Crippen molar-refractivity contribution in [3.63, 3.8) is 0 Å². The molecule has 2 aromatic carbocycles. The molecule has 0 spiro atoms. The second kappa shape index (κ2) is 9.24. The van der Waals surface area contributed by atoms with E-state index in [0.717, 1.165) is 31.2 Å². The van der Waals surface area contributed by atoms with Crippen LogP contribution in [0.25, 0.3) is 0 Å². The molecule has 0 aliphatic heterocycles. The van der Waals surface area contributed by atoms with Crippen molar-refractivity contribution in [2.24, 2.45) is 0 Å². The Morgan fingerprint density at radius 2 is 1.68 bits per heavy atom. The lowest BCUT2D eigenvalue weighted by Crippen LogP contribution is -2.44. The number of sulfonamides is 1. The summed E-state index contributed by atoms with van der Waals surface area (Å²) in [5.74, 6) is -0.257. The fraction of sp³-hybridized carbons (Fsp3) is 0.409. The molecule has 1 N–H and O–H groups in total. The zero-order valence-electron chi connectivity index (χ0n) is 16.3. The highest BCUT2D eigenvalue weighted by atomic mass is 32.2. The van der Waals surface area contributed by atoms with Crippen LogP contribution < -0.4 is 9.62 Å². The van der Waals surface area contributed by atoms with E-state index in [4.69, 9.17) is 0 Å². The summed E-state index contributed by atoms with van der Waals surface area (Å²) in [7, 11) is -3.85. The third-order valence-corrected chi connectivity index (χ3v) is 6.90. The normalized spacial score (nSPS) is 15.6. The molecule has 1 amide bonds. The molecule has 0 heterocycles. The highest BCUT2D eigenvalue weighted by Gasteiger charge is 2.28. The van der Waals surface area contributed by atoms with Gasteiger partial charge in [0.2, 0.25) is 5.91 Å². The molecule has 0 bridgehead atoms. The van der Waals surface area contributed by atoms with Gasteiger partial charge in [-0.2, -0.15) is 0 Å². The summed E-state index contributed by atoms with van der Waals surface area (Å²) in [6.07, 6.45) is 6.53. The molecular formula is C22H28N2O3S. The first-order valence-electron chi connectivity index (χ1n) is 9.90. The maximum absolute atomic E-state index is 13.3. The number of nitrogens with zero attached hydrogens (tertiary/aromatic N) is 1. The lowest BCUT2D eigenvalue weighted by molar-refractivity contribution is -0.120. The highest BCUT2D eigenvalue weighted by molar-refractivity contribution is 7.92. The fourth-order valence-electron chi connectivity index (χ4n) is 3.64. The summed E-state index contributed by atoms with van der Waals surface area (Å²) < 4.78 is 27.8. The maximum atomic E-state index is 13.3. The van der Waals surface area contributed by atoms with Gasteiger partial charge in [0.15, 0.2) is 0 Å². The summed E-state index contributed by atoms with van der Waals surface area (Å²) in [6, 6.07) is 15.7. The number of nitrogens with one attached hydrogen (secondary N) is 1. The largest absolute Gasteiger partial charge is 0.352 e. The molecule has 1 aliphatic carbocycles. The minimum absolute atomic E-state index is 0.134. The Kier molecular flexibility index (Phi) is 6.73. The van der Waals surface area contributed by atoms with E-state index in [-0.39, 0.29) is 23.4 Å². The van der Waals surface area contributed by atoms with Crippen molar-refractivity contribution in [3.05, 3.63) is 60.2 Å². The van der Waals surface area contributed by atoms with Crippen LogP contribution in [0.1, 0.15) is 44.1 Å². The molecule has 0 unspecified atom stereocenters. The van der Waals surface area contributed by atoms with E-state index in [1.54, 1.807) is 42.5 Å². The third-order valence-electron chi connectivity index (χ3n) is 5.13. The van der Waals surface area contributed by atoms with Crippen LogP contribution in [-0.2, 0) is 14.8 Å². The van der Waals surface area contributed by atoms with Crippen LogP contribution in [0.3, 0.4) is 0 Å². The van der Waals surface area contributed by atoms with Crippen LogP contribution in [0.5, 0.6) is 0 Å². The van der Waals surface area contributed by atoms with E-state index in [1.165, 1.54) is 17.1 Å². The lowest BCUT2D eigenvalue weighted by atomic mass is 10.1. The van der Waals surface area contributed by atoms with Crippen LogP contribution >= 0.6 is 0 Å². The minimum atomic E-state index is -3.85. The first kappa shape index (κ1) is 20.4. The Bertz CT molecular complexity index is 889. The van der Waals surface area contributed by atoms with E-state index >= 15 is 0 Å². The molecule has 28 heavy (non-hydrogen) atoms.